The second-order valence-electron chi connectivity index (χ2n) is 5.64. The van der Waals surface area contributed by atoms with Crippen LogP contribution in [-0.4, -0.2) is 17.3 Å². The van der Waals surface area contributed by atoms with Gasteiger partial charge in [-0.05, 0) is 30.0 Å². The highest BCUT2D eigenvalue weighted by Crippen LogP contribution is 2.30. The van der Waals surface area contributed by atoms with Crippen molar-refractivity contribution in [3.63, 3.8) is 0 Å². The Kier molecular flexibility index (Phi) is 3.75. The quantitative estimate of drug-likeness (QED) is 0.891. The summed E-state index contributed by atoms with van der Waals surface area (Å²) < 4.78 is 0. The van der Waals surface area contributed by atoms with Gasteiger partial charge in [-0.25, -0.2) is 0 Å². The first kappa shape index (κ1) is 13.2. The summed E-state index contributed by atoms with van der Waals surface area (Å²) in [6.07, 6.45) is 1.65. The predicted molar refractivity (Wildman–Crippen MR) is 83.0 cm³/mol. The van der Waals surface area contributed by atoms with Gasteiger partial charge in [0.1, 0.15) is 0 Å². The highest BCUT2D eigenvalue weighted by Gasteiger charge is 2.28. The number of benzene rings is 2. The number of aryl methyl sites for hydroxylation is 1. The molecule has 20 heavy (non-hydrogen) atoms. The number of anilines is 1. The van der Waals surface area contributed by atoms with Crippen molar-refractivity contribution in [2.75, 3.05) is 5.32 Å². The fourth-order valence-electron chi connectivity index (χ4n) is 3.02. The number of nitrogens with one attached hydrogen (secondary N) is 1. The zero-order valence-electron chi connectivity index (χ0n) is 11.8. The molecule has 2 aromatic rings. The zero-order valence-corrected chi connectivity index (χ0v) is 11.8. The first-order valence-corrected chi connectivity index (χ1v) is 7.33. The van der Waals surface area contributed by atoms with Crippen LogP contribution in [-0.2, 0) is 6.42 Å². The second-order valence-corrected chi connectivity index (χ2v) is 5.64. The van der Waals surface area contributed by atoms with Crippen molar-refractivity contribution in [2.24, 2.45) is 0 Å². The molecule has 2 heteroatoms. The van der Waals surface area contributed by atoms with Crippen LogP contribution in [0.15, 0.2) is 54.6 Å². The normalized spacial score (nSPS) is 20.6. The molecule has 0 saturated heterocycles. The van der Waals surface area contributed by atoms with Crippen molar-refractivity contribution in [1.29, 1.82) is 0 Å². The van der Waals surface area contributed by atoms with E-state index in [1.54, 1.807) is 0 Å². The van der Waals surface area contributed by atoms with E-state index in [0.717, 1.165) is 12.8 Å². The maximum atomic E-state index is 10.7. The fourth-order valence-corrected chi connectivity index (χ4v) is 3.02. The first-order valence-electron chi connectivity index (χ1n) is 7.33. The number of aliphatic hydroxyl groups is 1. The minimum atomic E-state index is -0.370. The third-order valence-corrected chi connectivity index (χ3v) is 4.33. The summed E-state index contributed by atoms with van der Waals surface area (Å²) in [4.78, 5) is 0. The molecule has 104 valence electrons. The Hall–Kier alpha value is -1.80. The van der Waals surface area contributed by atoms with E-state index in [-0.39, 0.29) is 18.1 Å². The van der Waals surface area contributed by atoms with Gasteiger partial charge in [0.2, 0.25) is 0 Å². The van der Waals surface area contributed by atoms with Crippen LogP contribution in [0.4, 0.5) is 5.69 Å². The molecule has 0 radical (unpaired) electrons. The number of rotatable bonds is 3. The van der Waals surface area contributed by atoms with Gasteiger partial charge in [0.05, 0.1) is 12.1 Å². The zero-order chi connectivity index (χ0) is 13.9. The third kappa shape index (κ3) is 2.56. The van der Waals surface area contributed by atoms with Crippen molar-refractivity contribution in [2.45, 2.75) is 37.8 Å². The molecular formula is C18H21NO. The van der Waals surface area contributed by atoms with Crippen LogP contribution in [0, 0.1) is 0 Å². The number of hydrogen-bond donors (Lipinski definition) is 2. The Bertz CT molecular complexity index is 567. The smallest absolute Gasteiger partial charge is 0.0806 e. The standard InChI is InChI=1S/C18H21NO/c1-13(14-7-3-2-4-8-14)18(20)17-12-11-15-9-5-6-10-16(15)19-17/h2-10,13,17-20H,11-12H2,1H3. The fraction of sp³-hybridized carbons (Fsp3) is 0.333. The van der Waals surface area contributed by atoms with E-state index in [9.17, 15) is 5.11 Å². The summed E-state index contributed by atoms with van der Waals surface area (Å²) in [6.45, 7) is 2.10. The van der Waals surface area contributed by atoms with Gasteiger partial charge in [-0.3, -0.25) is 0 Å². The largest absolute Gasteiger partial charge is 0.390 e. The average molecular weight is 267 g/mol. The van der Waals surface area contributed by atoms with Gasteiger partial charge in [-0.2, -0.15) is 0 Å². The van der Waals surface area contributed by atoms with E-state index in [1.165, 1.54) is 16.8 Å². The molecule has 0 spiro atoms. The third-order valence-electron chi connectivity index (χ3n) is 4.33. The van der Waals surface area contributed by atoms with E-state index < -0.39 is 0 Å². The molecule has 2 aromatic carbocycles. The van der Waals surface area contributed by atoms with Crippen LogP contribution in [0.3, 0.4) is 0 Å². The summed E-state index contributed by atoms with van der Waals surface area (Å²) in [5, 5.41) is 14.2. The van der Waals surface area contributed by atoms with Gasteiger partial charge >= 0.3 is 0 Å². The highest BCUT2D eigenvalue weighted by atomic mass is 16.3. The molecule has 2 N–H and O–H groups in total. The molecule has 1 aliphatic rings. The molecule has 1 heterocycles. The topological polar surface area (TPSA) is 32.3 Å². The average Bonchev–Trinajstić information content (AvgIpc) is 2.54. The van der Waals surface area contributed by atoms with Crippen molar-refractivity contribution in [1.82, 2.24) is 0 Å². The van der Waals surface area contributed by atoms with Gasteiger partial charge in [0, 0.05) is 11.6 Å². The molecule has 1 aliphatic heterocycles. The molecular weight excluding hydrogens is 246 g/mol. The SMILES string of the molecule is CC(c1ccccc1)C(O)C1CCc2ccccc2N1. The first-order chi connectivity index (χ1) is 9.75. The lowest BCUT2D eigenvalue weighted by molar-refractivity contribution is 0.123. The summed E-state index contributed by atoms with van der Waals surface area (Å²) in [5.41, 5.74) is 3.71. The molecule has 0 aliphatic carbocycles. The molecule has 0 aromatic heterocycles. The van der Waals surface area contributed by atoms with Crippen molar-refractivity contribution < 1.29 is 5.11 Å². The van der Waals surface area contributed by atoms with Gasteiger partial charge in [-0.15, -0.1) is 0 Å². The lowest BCUT2D eigenvalue weighted by Gasteiger charge is -2.33. The Morgan fingerprint density at radius 2 is 1.75 bits per heavy atom. The molecule has 2 nitrogen and oxygen atoms in total. The highest BCUT2D eigenvalue weighted by molar-refractivity contribution is 5.54. The van der Waals surface area contributed by atoms with Gasteiger partial charge in [0.25, 0.3) is 0 Å². The second kappa shape index (κ2) is 5.68. The van der Waals surface area contributed by atoms with E-state index in [4.69, 9.17) is 0 Å². The van der Waals surface area contributed by atoms with Crippen molar-refractivity contribution >= 4 is 5.69 Å². The molecule has 0 saturated carbocycles. The summed E-state index contributed by atoms with van der Waals surface area (Å²) in [5.74, 6) is 0.138. The predicted octanol–water partition coefficient (Wildman–Crippen LogP) is 3.58. The number of fused-ring (bicyclic) bond motifs is 1. The van der Waals surface area contributed by atoms with E-state index >= 15 is 0 Å². The van der Waals surface area contributed by atoms with Gasteiger partial charge in [0.15, 0.2) is 0 Å². The minimum absolute atomic E-state index is 0.125. The van der Waals surface area contributed by atoms with Crippen LogP contribution in [0.5, 0.6) is 0 Å². The van der Waals surface area contributed by atoms with Crippen LogP contribution >= 0.6 is 0 Å². The lowest BCUT2D eigenvalue weighted by Crippen LogP contribution is -2.39. The molecule has 3 unspecified atom stereocenters. The number of hydrogen-bond acceptors (Lipinski definition) is 2. The van der Waals surface area contributed by atoms with Crippen molar-refractivity contribution in [3.8, 4) is 0 Å². The molecule has 3 atom stereocenters. The van der Waals surface area contributed by atoms with Gasteiger partial charge in [-0.1, -0.05) is 55.5 Å². The summed E-state index contributed by atoms with van der Waals surface area (Å²) in [6, 6.07) is 18.7. The summed E-state index contributed by atoms with van der Waals surface area (Å²) >= 11 is 0. The molecule has 0 fully saturated rings. The summed E-state index contributed by atoms with van der Waals surface area (Å²) in [7, 11) is 0. The molecule has 0 bridgehead atoms. The van der Waals surface area contributed by atoms with Crippen molar-refractivity contribution in [3.05, 3.63) is 65.7 Å². The maximum Gasteiger partial charge on any atom is 0.0806 e. The number of para-hydroxylation sites is 1. The van der Waals surface area contributed by atoms with E-state index in [1.807, 2.05) is 24.3 Å². The minimum Gasteiger partial charge on any atom is -0.390 e. The lowest BCUT2D eigenvalue weighted by atomic mass is 9.86. The van der Waals surface area contributed by atoms with Gasteiger partial charge < -0.3 is 10.4 Å². The maximum absolute atomic E-state index is 10.7. The monoisotopic (exact) mass is 267 g/mol. The Morgan fingerprint density at radius 1 is 1.05 bits per heavy atom. The molecule has 3 rings (SSSR count). The Morgan fingerprint density at radius 3 is 2.55 bits per heavy atom. The van der Waals surface area contributed by atoms with Crippen LogP contribution in [0.1, 0.15) is 30.4 Å². The van der Waals surface area contributed by atoms with Crippen LogP contribution < -0.4 is 5.32 Å². The van der Waals surface area contributed by atoms with E-state index in [0.29, 0.717) is 0 Å². The van der Waals surface area contributed by atoms with Crippen LogP contribution in [0.2, 0.25) is 0 Å². The molecule has 0 amide bonds. The van der Waals surface area contributed by atoms with Crippen LogP contribution in [0.25, 0.3) is 0 Å². The Balaban J connectivity index is 1.74. The Labute approximate surface area is 120 Å². The van der Waals surface area contributed by atoms with E-state index in [2.05, 4.69) is 42.6 Å². The number of aliphatic hydroxyl groups excluding tert-OH is 1.